The summed E-state index contributed by atoms with van der Waals surface area (Å²) in [7, 11) is 4.02. The number of carbonyl (C=O) groups is 2. The second-order valence-corrected chi connectivity index (χ2v) is 6.10. The van der Waals surface area contributed by atoms with Crippen LogP contribution in [0.2, 0.25) is 0 Å². The summed E-state index contributed by atoms with van der Waals surface area (Å²) in [5.41, 5.74) is 1.07. The fraction of sp³-hybridized carbons (Fsp3) is 0.529. The molecule has 22 heavy (non-hydrogen) atoms. The van der Waals surface area contributed by atoms with Crippen LogP contribution in [0.25, 0.3) is 0 Å². The van der Waals surface area contributed by atoms with E-state index in [1.54, 1.807) is 0 Å². The van der Waals surface area contributed by atoms with Gasteiger partial charge in [0.25, 0.3) is 0 Å². The molecule has 0 spiro atoms. The van der Waals surface area contributed by atoms with Crippen molar-refractivity contribution in [3.8, 4) is 0 Å². The number of hydrogen-bond donors (Lipinski definition) is 2. The molecule has 2 unspecified atom stereocenters. The molecule has 0 bridgehead atoms. The van der Waals surface area contributed by atoms with Crippen LogP contribution >= 0.6 is 0 Å². The molecule has 0 heterocycles. The van der Waals surface area contributed by atoms with Gasteiger partial charge < -0.3 is 15.5 Å². The predicted molar refractivity (Wildman–Crippen MR) is 86.1 cm³/mol. The van der Waals surface area contributed by atoms with Crippen molar-refractivity contribution in [1.82, 2.24) is 15.5 Å². The lowest BCUT2D eigenvalue weighted by Crippen LogP contribution is -2.31. The van der Waals surface area contributed by atoms with E-state index in [0.29, 0.717) is 19.5 Å². The molecule has 0 aliphatic heterocycles. The molecule has 5 heteroatoms. The zero-order valence-corrected chi connectivity index (χ0v) is 13.3. The van der Waals surface area contributed by atoms with Gasteiger partial charge in [0.1, 0.15) is 0 Å². The molecule has 1 aliphatic rings. The first-order chi connectivity index (χ1) is 10.6. The number of nitrogens with one attached hydrogen (secondary N) is 2. The number of nitrogens with zero attached hydrogens (tertiary/aromatic N) is 1. The average Bonchev–Trinajstić information content (AvgIpc) is 3.30. The van der Waals surface area contributed by atoms with Crippen molar-refractivity contribution in [2.75, 3.05) is 27.2 Å². The van der Waals surface area contributed by atoms with Gasteiger partial charge >= 0.3 is 0 Å². The lowest BCUT2D eigenvalue weighted by molar-refractivity contribution is -0.127. The average molecular weight is 303 g/mol. The summed E-state index contributed by atoms with van der Waals surface area (Å²) in [6.07, 6.45) is 1.59. The molecule has 1 aromatic rings. The Morgan fingerprint density at radius 3 is 2.36 bits per heavy atom. The third-order valence-electron chi connectivity index (χ3n) is 3.85. The fourth-order valence-electron chi connectivity index (χ4n) is 2.43. The van der Waals surface area contributed by atoms with Crippen LogP contribution in [0.4, 0.5) is 0 Å². The van der Waals surface area contributed by atoms with Gasteiger partial charge in [0.2, 0.25) is 11.8 Å². The largest absolute Gasteiger partial charge is 0.356 e. The molecule has 0 aromatic heterocycles. The standard InChI is InChI=1S/C17H25N3O2/c1-20(2)10-6-9-18-16(21)14-11-15(14)17(22)19-12-13-7-4-3-5-8-13/h3-5,7-8,14-15H,6,9-12H2,1-2H3,(H,18,21)(H,19,22). The summed E-state index contributed by atoms with van der Waals surface area (Å²) < 4.78 is 0. The Labute approximate surface area is 132 Å². The van der Waals surface area contributed by atoms with Crippen molar-refractivity contribution < 1.29 is 9.59 Å². The quantitative estimate of drug-likeness (QED) is 0.705. The first kappa shape index (κ1) is 16.5. The first-order valence-corrected chi connectivity index (χ1v) is 7.82. The third kappa shape index (κ3) is 5.15. The molecule has 2 rings (SSSR count). The summed E-state index contributed by atoms with van der Waals surface area (Å²) >= 11 is 0. The third-order valence-corrected chi connectivity index (χ3v) is 3.85. The number of benzene rings is 1. The van der Waals surface area contributed by atoms with Crippen LogP contribution in [-0.2, 0) is 16.1 Å². The zero-order chi connectivity index (χ0) is 15.9. The van der Waals surface area contributed by atoms with Crippen molar-refractivity contribution in [2.24, 2.45) is 11.8 Å². The first-order valence-electron chi connectivity index (χ1n) is 7.82. The molecule has 120 valence electrons. The van der Waals surface area contributed by atoms with Gasteiger partial charge in [-0.15, -0.1) is 0 Å². The highest BCUT2D eigenvalue weighted by molar-refractivity contribution is 5.92. The molecule has 1 saturated carbocycles. The van der Waals surface area contributed by atoms with E-state index in [0.717, 1.165) is 18.5 Å². The SMILES string of the molecule is CN(C)CCCNC(=O)C1CC1C(=O)NCc1ccccc1. The summed E-state index contributed by atoms with van der Waals surface area (Å²) in [5.74, 6) is -0.302. The van der Waals surface area contributed by atoms with Gasteiger partial charge in [-0.2, -0.15) is 0 Å². The Hall–Kier alpha value is -1.88. The Morgan fingerprint density at radius 2 is 1.73 bits per heavy atom. The molecule has 1 aromatic carbocycles. The number of rotatable bonds is 8. The van der Waals surface area contributed by atoms with Gasteiger partial charge in [-0.05, 0) is 39.0 Å². The number of carbonyl (C=O) groups excluding carboxylic acids is 2. The van der Waals surface area contributed by atoms with E-state index in [4.69, 9.17) is 0 Å². The van der Waals surface area contributed by atoms with E-state index in [-0.39, 0.29) is 23.7 Å². The van der Waals surface area contributed by atoms with Crippen LogP contribution in [0, 0.1) is 11.8 Å². The molecular formula is C17H25N3O2. The molecule has 1 fully saturated rings. The Balaban J connectivity index is 1.64. The molecule has 0 saturated heterocycles. The second-order valence-electron chi connectivity index (χ2n) is 6.10. The van der Waals surface area contributed by atoms with Gasteiger partial charge in [-0.3, -0.25) is 9.59 Å². The maximum Gasteiger partial charge on any atom is 0.224 e. The van der Waals surface area contributed by atoms with Crippen LogP contribution in [0.3, 0.4) is 0 Å². The monoisotopic (exact) mass is 303 g/mol. The van der Waals surface area contributed by atoms with Crippen LogP contribution < -0.4 is 10.6 Å². The van der Waals surface area contributed by atoms with E-state index < -0.39 is 0 Å². The molecule has 0 radical (unpaired) electrons. The van der Waals surface area contributed by atoms with Crippen LogP contribution in [0.1, 0.15) is 18.4 Å². The summed E-state index contributed by atoms with van der Waals surface area (Å²) in [6, 6.07) is 9.79. The van der Waals surface area contributed by atoms with E-state index >= 15 is 0 Å². The lowest BCUT2D eigenvalue weighted by atomic mass is 10.2. The van der Waals surface area contributed by atoms with Crippen LogP contribution in [-0.4, -0.2) is 43.9 Å². The predicted octanol–water partition coefficient (Wildman–Crippen LogP) is 1.01. The normalized spacial score (nSPS) is 19.8. The van der Waals surface area contributed by atoms with Crippen LogP contribution in [0.5, 0.6) is 0 Å². The summed E-state index contributed by atoms with van der Waals surface area (Å²) in [5, 5.41) is 5.82. The van der Waals surface area contributed by atoms with E-state index in [9.17, 15) is 9.59 Å². The molecule has 5 nitrogen and oxygen atoms in total. The Bertz CT molecular complexity index is 502. The van der Waals surface area contributed by atoms with Crippen molar-refractivity contribution in [3.63, 3.8) is 0 Å². The Morgan fingerprint density at radius 1 is 1.09 bits per heavy atom. The van der Waals surface area contributed by atoms with Crippen molar-refractivity contribution in [3.05, 3.63) is 35.9 Å². The van der Waals surface area contributed by atoms with Gasteiger partial charge in [0.15, 0.2) is 0 Å². The van der Waals surface area contributed by atoms with Gasteiger partial charge in [-0.25, -0.2) is 0 Å². The minimum absolute atomic E-state index is 0.0126. The number of hydrogen-bond acceptors (Lipinski definition) is 3. The molecular weight excluding hydrogens is 278 g/mol. The van der Waals surface area contributed by atoms with Crippen molar-refractivity contribution in [1.29, 1.82) is 0 Å². The topological polar surface area (TPSA) is 61.4 Å². The van der Waals surface area contributed by atoms with Crippen molar-refractivity contribution in [2.45, 2.75) is 19.4 Å². The molecule has 2 atom stereocenters. The van der Waals surface area contributed by atoms with E-state index in [2.05, 4.69) is 15.5 Å². The Kier molecular flexibility index (Phi) is 5.95. The minimum Gasteiger partial charge on any atom is -0.356 e. The lowest BCUT2D eigenvalue weighted by Gasteiger charge is -2.10. The van der Waals surface area contributed by atoms with E-state index in [1.165, 1.54) is 0 Å². The molecule has 2 N–H and O–H groups in total. The molecule has 2 amide bonds. The zero-order valence-electron chi connectivity index (χ0n) is 13.3. The molecule has 1 aliphatic carbocycles. The van der Waals surface area contributed by atoms with Gasteiger partial charge in [0.05, 0.1) is 11.8 Å². The van der Waals surface area contributed by atoms with Crippen molar-refractivity contribution >= 4 is 11.8 Å². The smallest absolute Gasteiger partial charge is 0.224 e. The van der Waals surface area contributed by atoms with E-state index in [1.807, 2.05) is 44.4 Å². The number of amides is 2. The fourth-order valence-corrected chi connectivity index (χ4v) is 2.43. The maximum absolute atomic E-state index is 12.0. The highest BCUT2D eigenvalue weighted by Crippen LogP contribution is 2.38. The highest BCUT2D eigenvalue weighted by atomic mass is 16.2. The van der Waals surface area contributed by atoms with Crippen LogP contribution in [0.15, 0.2) is 30.3 Å². The van der Waals surface area contributed by atoms with Gasteiger partial charge in [-0.1, -0.05) is 30.3 Å². The second kappa shape index (κ2) is 7.94. The minimum atomic E-state index is -0.155. The highest BCUT2D eigenvalue weighted by Gasteiger charge is 2.47. The summed E-state index contributed by atoms with van der Waals surface area (Å²) in [4.78, 5) is 26.0. The van der Waals surface area contributed by atoms with Gasteiger partial charge in [0, 0.05) is 13.1 Å². The maximum atomic E-state index is 12.0. The summed E-state index contributed by atoms with van der Waals surface area (Å²) in [6.45, 7) is 2.14.